The first-order valence-corrected chi connectivity index (χ1v) is 14.2. The van der Waals surface area contributed by atoms with Crippen LogP contribution in [0.2, 0.25) is 0 Å². The van der Waals surface area contributed by atoms with Gasteiger partial charge in [0.15, 0.2) is 5.69 Å². The molecule has 1 aliphatic carbocycles. The highest BCUT2D eigenvalue weighted by Crippen LogP contribution is 2.40. The molecule has 1 aliphatic heterocycles. The number of hydrogen-bond acceptors (Lipinski definition) is 7. The number of nitrogens with zero attached hydrogens (tertiary/aromatic N) is 4. The number of oxazole rings is 1. The Balaban J connectivity index is 1.22. The number of carbonyl (C=O) groups excluding carboxylic acids is 2. The molecule has 2 fully saturated rings. The maximum atomic E-state index is 13.6. The highest BCUT2D eigenvalue weighted by atomic mass is 19.4. The summed E-state index contributed by atoms with van der Waals surface area (Å²) in [5.74, 6) is -3.38. The first-order valence-electron chi connectivity index (χ1n) is 14.2. The highest BCUT2D eigenvalue weighted by molar-refractivity contribution is 6.04. The Morgan fingerprint density at radius 2 is 1.70 bits per heavy atom. The molecule has 0 bridgehead atoms. The number of pyridine rings is 1. The Hall–Kier alpha value is -4.42. The van der Waals surface area contributed by atoms with Gasteiger partial charge in [-0.2, -0.15) is 13.2 Å². The van der Waals surface area contributed by atoms with Crippen LogP contribution in [0, 0.1) is 5.41 Å². The second-order valence-corrected chi connectivity index (χ2v) is 11.0. The lowest BCUT2D eigenvalue weighted by Crippen LogP contribution is -2.42. The van der Waals surface area contributed by atoms with Crippen LogP contribution in [0.25, 0.3) is 11.5 Å². The molecule has 228 valence electrons. The SMILES string of the molecule is O=C(Nc1ccc(N2CCCN(C(=O)CC3(C(=O)O)CCCCC3)CC2)nc1)c1nc(-c2ccccc2)oc1C(F)(F)F. The quantitative estimate of drug-likeness (QED) is 0.366. The second kappa shape index (κ2) is 12.4. The lowest BCUT2D eigenvalue weighted by atomic mass is 9.71. The minimum Gasteiger partial charge on any atom is -0.481 e. The smallest absolute Gasteiger partial charge is 0.452 e. The van der Waals surface area contributed by atoms with Gasteiger partial charge >= 0.3 is 12.1 Å². The summed E-state index contributed by atoms with van der Waals surface area (Å²) in [5, 5.41) is 12.3. The fourth-order valence-electron chi connectivity index (χ4n) is 5.70. The molecule has 0 atom stereocenters. The van der Waals surface area contributed by atoms with Crippen molar-refractivity contribution in [1.29, 1.82) is 0 Å². The number of amides is 2. The molecule has 1 saturated carbocycles. The number of anilines is 2. The van der Waals surface area contributed by atoms with Crippen molar-refractivity contribution in [1.82, 2.24) is 14.9 Å². The molecule has 3 aromatic rings. The van der Waals surface area contributed by atoms with Gasteiger partial charge in [0.05, 0.1) is 17.3 Å². The third kappa shape index (κ3) is 6.81. The van der Waals surface area contributed by atoms with E-state index in [-0.39, 0.29) is 23.9 Å². The van der Waals surface area contributed by atoms with Gasteiger partial charge in [0.2, 0.25) is 17.6 Å². The molecule has 0 spiro atoms. The molecule has 2 amide bonds. The Morgan fingerprint density at radius 1 is 0.953 bits per heavy atom. The van der Waals surface area contributed by atoms with Gasteiger partial charge in [-0.25, -0.2) is 9.97 Å². The second-order valence-electron chi connectivity index (χ2n) is 11.0. The molecule has 13 heteroatoms. The number of carboxylic acid groups (broad SMARTS) is 1. The van der Waals surface area contributed by atoms with Crippen molar-refractivity contribution in [2.45, 2.75) is 51.1 Å². The zero-order chi connectivity index (χ0) is 30.6. The van der Waals surface area contributed by atoms with Crippen molar-refractivity contribution in [3.05, 3.63) is 60.1 Å². The molecule has 1 saturated heterocycles. The zero-order valence-electron chi connectivity index (χ0n) is 23.4. The molecular formula is C30H32F3N5O5. The monoisotopic (exact) mass is 599 g/mol. The summed E-state index contributed by atoms with van der Waals surface area (Å²) in [6, 6.07) is 11.1. The van der Waals surface area contributed by atoms with E-state index in [0.29, 0.717) is 56.8 Å². The van der Waals surface area contributed by atoms with Crippen molar-refractivity contribution in [3.8, 4) is 11.5 Å². The molecule has 3 heterocycles. The molecule has 1 aromatic carbocycles. The van der Waals surface area contributed by atoms with E-state index >= 15 is 0 Å². The number of halogens is 3. The summed E-state index contributed by atoms with van der Waals surface area (Å²) < 4.78 is 45.8. The Morgan fingerprint density at radius 3 is 2.35 bits per heavy atom. The highest BCUT2D eigenvalue weighted by Gasteiger charge is 2.43. The average Bonchev–Trinajstić information content (AvgIpc) is 3.32. The van der Waals surface area contributed by atoms with Gasteiger partial charge in [-0.1, -0.05) is 37.5 Å². The summed E-state index contributed by atoms with van der Waals surface area (Å²) in [6.45, 7) is 1.98. The number of aliphatic carboxylic acids is 1. The summed E-state index contributed by atoms with van der Waals surface area (Å²) in [7, 11) is 0. The molecule has 43 heavy (non-hydrogen) atoms. The van der Waals surface area contributed by atoms with E-state index in [2.05, 4.69) is 15.3 Å². The number of aromatic nitrogens is 2. The normalized spacial score (nSPS) is 17.3. The largest absolute Gasteiger partial charge is 0.481 e. The summed E-state index contributed by atoms with van der Waals surface area (Å²) in [4.78, 5) is 49.8. The van der Waals surface area contributed by atoms with Gasteiger partial charge in [0.25, 0.3) is 5.91 Å². The molecule has 5 rings (SSSR count). The standard InChI is InChI=1S/C30H32F3N5O5/c31-30(32,33)25-24(36-27(43-25)20-8-3-1-4-9-20)26(40)35-21-10-11-22(34-19-21)37-14-7-15-38(17-16-37)23(39)18-29(28(41)42)12-5-2-6-13-29/h1,3-4,8-11,19H,2,5-7,12-18H2,(H,35,40)(H,41,42). The number of hydrogen-bond donors (Lipinski definition) is 2. The predicted octanol–water partition coefficient (Wildman–Crippen LogP) is 5.47. The first kappa shape index (κ1) is 30.1. The Kier molecular flexibility index (Phi) is 8.69. The van der Waals surface area contributed by atoms with Gasteiger partial charge < -0.3 is 24.6 Å². The van der Waals surface area contributed by atoms with E-state index in [1.54, 1.807) is 29.2 Å². The van der Waals surface area contributed by atoms with Gasteiger partial charge in [-0.15, -0.1) is 0 Å². The van der Waals surface area contributed by atoms with Crippen LogP contribution in [0.3, 0.4) is 0 Å². The van der Waals surface area contributed by atoms with E-state index in [9.17, 15) is 32.7 Å². The van der Waals surface area contributed by atoms with Gasteiger partial charge in [-0.3, -0.25) is 14.4 Å². The van der Waals surface area contributed by atoms with Gasteiger partial charge in [0, 0.05) is 38.2 Å². The van der Waals surface area contributed by atoms with Crippen LogP contribution in [0.4, 0.5) is 24.7 Å². The molecule has 0 unspecified atom stereocenters. The van der Waals surface area contributed by atoms with E-state index in [4.69, 9.17) is 4.42 Å². The third-order valence-electron chi connectivity index (χ3n) is 8.05. The Labute approximate surface area is 245 Å². The van der Waals surface area contributed by atoms with Crippen LogP contribution in [0.1, 0.15) is 61.2 Å². The molecule has 2 aromatic heterocycles. The maximum absolute atomic E-state index is 13.6. The lowest BCUT2D eigenvalue weighted by molar-refractivity contribution is -0.156. The maximum Gasteiger partial charge on any atom is 0.452 e. The topological polar surface area (TPSA) is 129 Å². The first-order chi connectivity index (χ1) is 20.6. The van der Waals surface area contributed by atoms with E-state index < -0.39 is 34.9 Å². The predicted molar refractivity (Wildman–Crippen MR) is 150 cm³/mol. The zero-order valence-corrected chi connectivity index (χ0v) is 23.4. The van der Waals surface area contributed by atoms with Crippen LogP contribution in [0.5, 0.6) is 0 Å². The lowest BCUT2D eigenvalue weighted by Gasteiger charge is -2.34. The van der Waals surface area contributed by atoms with Crippen LogP contribution in [-0.2, 0) is 15.8 Å². The third-order valence-corrected chi connectivity index (χ3v) is 8.05. The van der Waals surface area contributed by atoms with Crippen molar-refractivity contribution in [2.24, 2.45) is 5.41 Å². The molecule has 0 radical (unpaired) electrons. The minimum atomic E-state index is -4.93. The van der Waals surface area contributed by atoms with Crippen LogP contribution in [-0.4, -0.2) is 63.9 Å². The van der Waals surface area contributed by atoms with E-state index in [1.165, 1.54) is 24.4 Å². The minimum absolute atomic E-state index is 0.00337. The van der Waals surface area contributed by atoms with E-state index in [1.807, 2.05) is 4.90 Å². The number of benzene rings is 1. The number of carboxylic acids is 1. The number of rotatable bonds is 7. The van der Waals surface area contributed by atoms with Gasteiger partial charge in [-0.05, 0) is 43.5 Å². The van der Waals surface area contributed by atoms with Crippen LogP contribution in [0.15, 0.2) is 53.1 Å². The van der Waals surface area contributed by atoms with Gasteiger partial charge in [0.1, 0.15) is 5.82 Å². The fourth-order valence-corrected chi connectivity index (χ4v) is 5.70. The van der Waals surface area contributed by atoms with Crippen molar-refractivity contribution < 1.29 is 37.1 Å². The number of alkyl halides is 3. The number of carbonyl (C=O) groups is 3. The molecule has 10 nitrogen and oxygen atoms in total. The van der Waals surface area contributed by atoms with Crippen molar-refractivity contribution in [2.75, 3.05) is 36.4 Å². The molecule has 2 aliphatic rings. The fraction of sp³-hybridized carbons (Fsp3) is 0.433. The Bertz CT molecular complexity index is 1450. The average molecular weight is 600 g/mol. The molecule has 2 N–H and O–H groups in total. The van der Waals surface area contributed by atoms with E-state index in [0.717, 1.165) is 19.3 Å². The summed E-state index contributed by atoms with van der Waals surface area (Å²) in [5.41, 5.74) is -1.40. The summed E-state index contributed by atoms with van der Waals surface area (Å²) >= 11 is 0. The van der Waals surface area contributed by atoms with Crippen LogP contribution >= 0.6 is 0 Å². The molecular weight excluding hydrogens is 567 g/mol. The number of nitrogens with one attached hydrogen (secondary N) is 1. The van der Waals surface area contributed by atoms with Crippen molar-refractivity contribution >= 4 is 29.3 Å². The summed E-state index contributed by atoms with van der Waals surface area (Å²) in [6.07, 6.45) is 0.714. The van der Waals surface area contributed by atoms with Crippen LogP contribution < -0.4 is 10.2 Å². The van der Waals surface area contributed by atoms with Crippen molar-refractivity contribution in [3.63, 3.8) is 0 Å².